The van der Waals surface area contributed by atoms with E-state index in [-0.39, 0.29) is 18.0 Å². The summed E-state index contributed by atoms with van der Waals surface area (Å²) in [6.07, 6.45) is -4.73. The van der Waals surface area contributed by atoms with Crippen molar-refractivity contribution in [1.82, 2.24) is 9.55 Å². The van der Waals surface area contributed by atoms with Gasteiger partial charge in [-0.15, -0.1) is 0 Å². The van der Waals surface area contributed by atoms with E-state index in [9.17, 15) is 22.8 Å². The number of para-hydroxylation sites is 2. The third-order valence-electron chi connectivity index (χ3n) is 4.30. The number of fused-ring (bicyclic) bond motifs is 3. The van der Waals surface area contributed by atoms with Gasteiger partial charge in [0.15, 0.2) is 0 Å². The summed E-state index contributed by atoms with van der Waals surface area (Å²) in [5.41, 5.74) is 0.532. The zero-order valence-corrected chi connectivity index (χ0v) is 13.7. The first-order chi connectivity index (χ1) is 12.8. The first kappa shape index (κ1) is 17.1. The maximum atomic E-state index is 12.8. The number of aromatic nitrogens is 2. The van der Waals surface area contributed by atoms with Crippen molar-refractivity contribution in [3.8, 4) is 0 Å². The predicted octanol–water partition coefficient (Wildman–Crippen LogP) is 3.58. The number of carbonyl (C=O) groups is 2. The molecule has 4 rings (SSSR count). The van der Waals surface area contributed by atoms with Crippen molar-refractivity contribution in [3.63, 3.8) is 0 Å². The Balaban J connectivity index is 1.55. The highest BCUT2D eigenvalue weighted by atomic mass is 19.4. The molecule has 3 aromatic rings. The summed E-state index contributed by atoms with van der Waals surface area (Å²) in [5, 5.41) is 5.04. The Morgan fingerprint density at radius 2 is 1.96 bits per heavy atom. The van der Waals surface area contributed by atoms with Crippen molar-refractivity contribution in [2.24, 2.45) is 0 Å². The Morgan fingerprint density at radius 3 is 2.74 bits per heavy atom. The summed E-state index contributed by atoms with van der Waals surface area (Å²) in [6.45, 7) is 0. The van der Waals surface area contributed by atoms with E-state index >= 15 is 0 Å². The molecule has 0 unspecified atom stereocenters. The lowest BCUT2D eigenvalue weighted by Crippen LogP contribution is -2.23. The molecule has 0 bridgehead atoms. The Morgan fingerprint density at radius 1 is 1.19 bits per heavy atom. The van der Waals surface area contributed by atoms with Crippen LogP contribution in [0, 0.1) is 0 Å². The second-order valence-corrected chi connectivity index (χ2v) is 6.13. The smallest absolute Gasteiger partial charge is 0.326 e. The van der Waals surface area contributed by atoms with Crippen molar-refractivity contribution in [2.45, 2.75) is 18.6 Å². The number of rotatable bonds is 3. The molecule has 1 aromatic heterocycles. The molecule has 0 radical (unpaired) electrons. The number of benzene rings is 2. The van der Waals surface area contributed by atoms with Crippen LogP contribution >= 0.6 is 0 Å². The zero-order chi connectivity index (χ0) is 19.2. The van der Waals surface area contributed by atoms with Gasteiger partial charge in [-0.1, -0.05) is 18.2 Å². The van der Waals surface area contributed by atoms with Gasteiger partial charge in [0, 0.05) is 5.69 Å². The van der Waals surface area contributed by atoms with E-state index in [1.54, 1.807) is 22.8 Å². The summed E-state index contributed by atoms with van der Waals surface area (Å²) in [6, 6.07) is 10.7. The van der Waals surface area contributed by atoms with Gasteiger partial charge in [-0.3, -0.25) is 19.5 Å². The number of halogens is 3. The van der Waals surface area contributed by atoms with Crippen LogP contribution in [0.4, 0.5) is 24.8 Å². The van der Waals surface area contributed by atoms with Crippen LogP contribution < -0.4 is 10.6 Å². The highest BCUT2D eigenvalue weighted by Gasteiger charge is 2.35. The molecule has 1 aliphatic rings. The fourth-order valence-corrected chi connectivity index (χ4v) is 3.10. The van der Waals surface area contributed by atoms with Crippen LogP contribution in [0.25, 0.3) is 11.0 Å². The van der Waals surface area contributed by atoms with Gasteiger partial charge in [0.1, 0.15) is 6.04 Å². The topological polar surface area (TPSA) is 76.0 Å². The number of nitrogens with one attached hydrogen (secondary N) is 2. The molecular formula is C18H13F3N4O2. The fraction of sp³-hybridized carbons (Fsp3) is 0.167. The van der Waals surface area contributed by atoms with Gasteiger partial charge in [0.2, 0.25) is 17.8 Å². The third-order valence-corrected chi connectivity index (χ3v) is 4.30. The molecule has 2 amide bonds. The van der Waals surface area contributed by atoms with Crippen LogP contribution in [0.5, 0.6) is 0 Å². The molecule has 1 aliphatic heterocycles. The van der Waals surface area contributed by atoms with E-state index in [0.29, 0.717) is 17.0 Å². The summed E-state index contributed by atoms with van der Waals surface area (Å²) >= 11 is 0. The standard InChI is InChI=1S/C18H13F3N4O2/c19-18(20,21)10-4-3-5-11(8-10)22-15(26)9-14-16(27)24-17-23-12-6-1-2-7-13(12)25(14)17/h1-8,14H,9H2,(H,22,26)(H,23,24,27)/t14-/m1/s1. The molecular weight excluding hydrogens is 361 g/mol. The van der Waals surface area contributed by atoms with Crippen molar-refractivity contribution in [3.05, 3.63) is 54.1 Å². The molecule has 0 aliphatic carbocycles. The highest BCUT2D eigenvalue weighted by molar-refractivity contribution is 6.03. The second-order valence-electron chi connectivity index (χ2n) is 6.13. The van der Waals surface area contributed by atoms with E-state index in [4.69, 9.17) is 0 Å². The summed E-state index contributed by atoms with van der Waals surface area (Å²) in [5.74, 6) is -0.611. The predicted molar refractivity (Wildman–Crippen MR) is 92.1 cm³/mol. The molecule has 0 fully saturated rings. The van der Waals surface area contributed by atoms with Gasteiger partial charge in [-0.2, -0.15) is 13.2 Å². The van der Waals surface area contributed by atoms with Gasteiger partial charge in [0.25, 0.3) is 0 Å². The molecule has 2 heterocycles. The van der Waals surface area contributed by atoms with Crippen molar-refractivity contribution >= 4 is 34.5 Å². The second kappa shape index (κ2) is 6.11. The summed E-state index contributed by atoms with van der Waals surface area (Å²) < 4.78 is 40.0. The third kappa shape index (κ3) is 3.12. The van der Waals surface area contributed by atoms with Crippen LogP contribution in [-0.2, 0) is 15.8 Å². The zero-order valence-electron chi connectivity index (χ0n) is 13.7. The molecule has 6 nitrogen and oxygen atoms in total. The summed E-state index contributed by atoms with van der Waals surface area (Å²) in [7, 11) is 0. The highest BCUT2D eigenvalue weighted by Crippen LogP contribution is 2.33. The first-order valence-electron chi connectivity index (χ1n) is 8.08. The van der Waals surface area contributed by atoms with Crippen molar-refractivity contribution in [2.75, 3.05) is 10.6 Å². The average molecular weight is 374 g/mol. The monoisotopic (exact) mass is 374 g/mol. The quantitative estimate of drug-likeness (QED) is 0.736. The maximum Gasteiger partial charge on any atom is 0.416 e. The lowest BCUT2D eigenvalue weighted by Gasteiger charge is -2.13. The van der Waals surface area contributed by atoms with E-state index in [2.05, 4.69) is 15.6 Å². The number of hydrogen-bond donors (Lipinski definition) is 2. The minimum atomic E-state index is -4.50. The number of anilines is 2. The van der Waals surface area contributed by atoms with Gasteiger partial charge < -0.3 is 5.32 Å². The lowest BCUT2D eigenvalue weighted by atomic mass is 10.1. The number of nitrogens with zero attached hydrogens (tertiary/aromatic N) is 2. The van der Waals surface area contributed by atoms with Crippen LogP contribution in [0.3, 0.4) is 0 Å². The lowest BCUT2D eigenvalue weighted by molar-refractivity contribution is -0.137. The van der Waals surface area contributed by atoms with Crippen LogP contribution in [-0.4, -0.2) is 21.4 Å². The maximum absolute atomic E-state index is 12.8. The number of imidazole rings is 1. The van der Waals surface area contributed by atoms with Gasteiger partial charge in [0.05, 0.1) is 23.0 Å². The minimum Gasteiger partial charge on any atom is -0.326 e. The first-order valence-corrected chi connectivity index (χ1v) is 8.08. The van der Waals surface area contributed by atoms with E-state index in [1.807, 2.05) is 6.07 Å². The molecule has 27 heavy (non-hydrogen) atoms. The molecule has 0 spiro atoms. The Hall–Kier alpha value is -3.36. The molecule has 138 valence electrons. The number of hydrogen-bond acceptors (Lipinski definition) is 3. The van der Waals surface area contributed by atoms with E-state index in [1.165, 1.54) is 12.1 Å². The Kier molecular flexibility index (Phi) is 3.87. The summed E-state index contributed by atoms with van der Waals surface area (Å²) in [4.78, 5) is 28.8. The molecule has 9 heteroatoms. The molecule has 2 N–H and O–H groups in total. The molecule has 0 saturated carbocycles. The normalized spacial score (nSPS) is 16.3. The molecule has 1 atom stereocenters. The number of amides is 2. The molecule has 2 aromatic carbocycles. The Labute approximate surface area is 151 Å². The minimum absolute atomic E-state index is 0.0175. The van der Waals surface area contributed by atoms with Gasteiger partial charge in [-0.25, -0.2) is 4.98 Å². The number of alkyl halides is 3. The van der Waals surface area contributed by atoms with Crippen LogP contribution in [0.2, 0.25) is 0 Å². The van der Waals surface area contributed by atoms with Gasteiger partial charge in [-0.05, 0) is 30.3 Å². The van der Waals surface area contributed by atoms with E-state index in [0.717, 1.165) is 12.1 Å². The van der Waals surface area contributed by atoms with Gasteiger partial charge >= 0.3 is 6.18 Å². The van der Waals surface area contributed by atoms with Crippen molar-refractivity contribution in [1.29, 1.82) is 0 Å². The SMILES string of the molecule is O=C(C[C@@H]1C(=O)Nc2nc3ccccc3n21)Nc1cccc(C(F)(F)F)c1. The number of carbonyl (C=O) groups excluding carboxylic acids is 2. The van der Waals surface area contributed by atoms with Crippen LogP contribution in [0.15, 0.2) is 48.5 Å². The van der Waals surface area contributed by atoms with E-state index < -0.39 is 23.7 Å². The Bertz CT molecular complexity index is 1060. The van der Waals surface area contributed by atoms with Crippen LogP contribution in [0.1, 0.15) is 18.0 Å². The molecule has 0 saturated heterocycles. The average Bonchev–Trinajstić information content (AvgIpc) is 3.10. The van der Waals surface area contributed by atoms with Crippen molar-refractivity contribution < 1.29 is 22.8 Å². The largest absolute Gasteiger partial charge is 0.416 e. The fourth-order valence-electron chi connectivity index (χ4n) is 3.10.